The van der Waals surface area contributed by atoms with Crippen LogP contribution in [0.25, 0.3) is 0 Å². The Morgan fingerprint density at radius 2 is 2.21 bits per heavy atom. The van der Waals surface area contributed by atoms with Gasteiger partial charge in [0.25, 0.3) is 0 Å². The van der Waals surface area contributed by atoms with Gasteiger partial charge in [0, 0.05) is 13.1 Å². The largest absolute Gasteiger partial charge is 0.302 e. The van der Waals surface area contributed by atoms with Crippen molar-refractivity contribution in [2.45, 2.75) is 33.6 Å². The van der Waals surface area contributed by atoms with Crippen LogP contribution in [0.3, 0.4) is 0 Å². The van der Waals surface area contributed by atoms with E-state index in [1.54, 1.807) is 0 Å². The number of rotatable bonds is 3. The van der Waals surface area contributed by atoms with Crippen LogP contribution in [0.4, 0.5) is 0 Å². The summed E-state index contributed by atoms with van der Waals surface area (Å²) in [7, 11) is 0. The zero-order chi connectivity index (χ0) is 10.6. The molecule has 0 amide bonds. The van der Waals surface area contributed by atoms with Crippen molar-refractivity contribution in [1.82, 2.24) is 4.90 Å². The summed E-state index contributed by atoms with van der Waals surface area (Å²) in [6.07, 6.45) is 2.66. The predicted octanol–water partition coefficient (Wildman–Crippen LogP) is 2.51. The fourth-order valence-corrected chi connectivity index (χ4v) is 2.13. The minimum Gasteiger partial charge on any atom is -0.302 e. The molecule has 0 bridgehead atoms. The molecule has 1 heterocycles. The van der Waals surface area contributed by atoms with Crippen LogP contribution in [-0.2, 0) is 0 Å². The zero-order valence-corrected chi connectivity index (χ0v) is 9.66. The SMILES string of the molecule is CC1CCCN(CC(C#N)C(C)C)C1. The van der Waals surface area contributed by atoms with Crippen LogP contribution >= 0.6 is 0 Å². The monoisotopic (exact) mass is 194 g/mol. The molecule has 0 spiro atoms. The third-order valence-corrected chi connectivity index (χ3v) is 3.17. The van der Waals surface area contributed by atoms with Crippen LogP contribution in [0.2, 0.25) is 0 Å². The molecule has 2 heteroatoms. The summed E-state index contributed by atoms with van der Waals surface area (Å²) in [6.45, 7) is 9.93. The van der Waals surface area contributed by atoms with Crippen molar-refractivity contribution in [2.24, 2.45) is 17.8 Å². The van der Waals surface area contributed by atoms with E-state index in [0.29, 0.717) is 5.92 Å². The molecule has 0 aromatic rings. The van der Waals surface area contributed by atoms with Gasteiger partial charge in [-0.25, -0.2) is 0 Å². The molecule has 1 fully saturated rings. The lowest BCUT2D eigenvalue weighted by molar-refractivity contribution is 0.159. The second kappa shape index (κ2) is 5.36. The van der Waals surface area contributed by atoms with Crippen molar-refractivity contribution in [3.63, 3.8) is 0 Å². The van der Waals surface area contributed by atoms with Crippen LogP contribution in [0.1, 0.15) is 33.6 Å². The van der Waals surface area contributed by atoms with Crippen LogP contribution in [0.15, 0.2) is 0 Å². The summed E-state index contributed by atoms with van der Waals surface area (Å²) in [4.78, 5) is 2.46. The lowest BCUT2D eigenvalue weighted by atomic mass is 9.94. The molecule has 14 heavy (non-hydrogen) atoms. The number of nitrogens with zero attached hydrogens (tertiary/aromatic N) is 2. The van der Waals surface area contributed by atoms with Crippen molar-refractivity contribution in [1.29, 1.82) is 5.26 Å². The van der Waals surface area contributed by atoms with E-state index >= 15 is 0 Å². The van der Waals surface area contributed by atoms with E-state index in [9.17, 15) is 0 Å². The molecule has 0 radical (unpaired) electrons. The fraction of sp³-hybridized carbons (Fsp3) is 0.917. The van der Waals surface area contributed by atoms with Gasteiger partial charge < -0.3 is 4.90 Å². The summed E-state index contributed by atoms with van der Waals surface area (Å²) in [5.41, 5.74) is 0. The van der Waals surface area contributed by atoms with E-state index in [0.717, 1.165) is 12.5 Å². The van der Waals surface area contributed by atoms with Crippen molar-refractivity contribution < 1.29 is 0 Å². The van der Waals surface area contributed by atoms with Crippen molar-refractivity contribution in [3.8, 4) is 6.07 Å². The maximum atomic E-state index is 9.02. The molecular formula is C12H22N2. The van der Waals surface area contributed by atoms with Crippen LogP contribution in [-0.4, -0.2) is 24.5 Å². The Hall–Kier alpha value is -0.550. The Balaban J connectivity index is 2.38. The molecule has 1 aliphatic rings. The van der Waals surface area contributed by atoms with E-state index in [1.807, 2.05) is 0 Å². The summed E-state index contributed by atoms with van der Waals surface area (Å²) >= 11 is 0. The molecule has 1 rings (SSSR count). The maximum absolute atomic E-state index is 9.02. The molecule has 0 aromatic heterocycles. The van der Waals surface area contributed by atoms with Gasteiger partial charge in [-0.15, -0.1) is 0 Å². The highest BCUT2D eigenvalue weighted by atomic mass is 15.1. The number of piperidine rings is 1. The molecule has 1 aliphatic heterocycles. The molecule has 0 saturated carbocycles. The molecule has 1 saturated heterocycles. The van der Waals surface area contributed by atoms with Gasteiger partial charge in [0.1, 0.15) is 0 Å². The number of nitriles is 1. The minimum atomic E-state index is 0.209. The molecule has 2 nitrogen and oxygen atoms in total. The van der Waals surface area contributed by atoms with Gasteiger partial charge in [-0.2, -0.15) is 5.26 Å². The third kappa shape index (κ3) is 3.31. The van der Waals surface area contributed by atoms with Crippen molar-refractivity contribution in [3.05, 3.63) is 0 Å². The Labute approximate surface area is 87.9 Å². The Kier molecular flexibility index (Phi) is 4.41. The quantitative estimate of drug-likeness (QED) is 0.690. The normalized spacial score (nSPS) is 26.1. The van der Waals surface area contributed by atoms with Crippen molar-refractivity contribution in [2.75, 3.05) is 19.6 Å². The minimum absolute atomic E-state index is 0.209. The van der Waals surface area contributed by atoms with E-state index in [4.69, 9.17) is 5.26 Å². The van der Waals surface area contributed by atoms with E-state index in [-0.39, 0.29) is 5.92 Å². The summed E-state index contributed by atoms with van der Waals surface area (Å²) < 4.78 is 0. The highest BCUT2D eigenvalue weighted by molar-refractivity contribution is 4.88. The standard InChI is InChI=1S/C12H22N2/c1-10(2)12(7-13)9-14-6-4-5-11(3)8-14/h10-12H,4-6,8-9H2,1-3H3. The van der Waals surface area contributed by atoms with Gasteiger partial charge in [0.05, 0.1) is 12.0 Å². The summed E-state index contributed by atoms with van der Waals surface area (Å²) in [5, 5.41) is 9.02. The highest BCUT2D eigenvalue weighted by Crippen LogP contribution is 2.19. The first-order chi connectivity index (χ1) is 6.63. The Bertz CT molecular complexity index is 205. The number of hydrogen-bond acceptors (Lipinski definition) is 2. The smallest absolute Gasteiger partial charge is 0.0672 e. The first-order valence-corrected chi connectivity index (χ1v) is 5.75. The van der Waals surface area contributed by atoms with Crippen LogP contribution in [0.5, 0.6) is 0 Å². The first-order valence-electron chi connectivity index (χ1n) is 5.75. The van der Waals surface area contributed by atoms with E-state index < -0.39 is 0 Å². The molecule has 0 N–H and O–H groups in total. The summed E-state index contributed by atoms with van der Waals surface area (Å²) in [5.74, 6) is 1.51. The summed E-state index contributed by atoms with van der Waals surface area (Å²) in [6, 6.07) is 2.42. The van der Waals surface area contributed by atoms with Crippen molar-refractivity contribution >= 4 is 0 Å². The van der Waals surface area contributed by atoms with Gasteiger partial charge in [-0.05, 0) is 31.2 Å². The van der Waals surface area contributed by atoms with E-state index in [1.165, 1.54) is 25.9 Å². The first kappa shape index (κ1) is 11.5. The fourth-order valence-electron chi connectivity index (χ4n) is 2.13. The van der Waals surface area contributed by atoms with Gasteiger partial charge in [-0.3, -0.25) is 0 Å². The number of likely N-dealkylation sites (tertiary alicyclic amines) is 1. The molecule has 80 valence electrons. The zero-order valence-electron chi connectivity index (χ0n) is 9.66. The maximum Gasteiger partial charge on any atom is 0.0672 e. The lowest BCUT2D eigenvalue weighted by Crippen LogP contribution is -2.38. The second-order valence-electron chi connectivity index (χ2n) is 4.99. The Morgan fingerprint density at radius 1 is 1.50 bits per heavy atom. The van der Waals surface area contributed by atoms with Gasteiger partial charge in [-0.1, -0.05) is 20.8 Å². The molecule has 0 aliphatic carbocycles. The molecule has 0 aromatic carbocycles. The third-order valence-electron chi connectivity index (χ3n) is 3.17. The lowest BCUT2D eigenvalue weighted by Gasteiger charge is -2.32. The van der Waals surface area contributed by atoms with E-state index in [2.05, 4.69) is 31.7 Å². The second-order valence-corrected chi connectivity index (χ2v) is 4.99. The topological polar surface area (TPSA) is 27.0 Å². The van der Waals surface area contributed by atoms with Gasteiger partial charge >= 0.3 is 0 Å². The molecular weight excluding hydrogens is 172 g/mol. The average molecular weight is 194 g/mol. The van der Waals surface area contributed by atoms with Crippen LogP contribution in [0, 0.1) is 29.1 Å². The highest BCUT2D eigenvalue weighted by Gasteiger charge is 2.21. The van der Waals surface area contributed by atoms with Crippen LogP contribution < -0.4 is 0 Å². The molecule has 2 unspecified atom stereocenters. The van der Waals surface area contributed by atoms with Gasteiger partial charge in [0.2, 0.25) is 0 Å². The predicted molar refractivity (Wildman–Crippen MR) is 58.8 cm³/mol. The van der Waals surface area contributed by atoms with Gasteiger partial charge in [0.15, 0.2) is 0 Å². The number of hydrogen-bond donors (Lipinski definition) is 0. The Morgan fingerprint density at radius 3 is 2.71 bits per heavy atom. The average Bonchev–Trinajstić information content (AvgIpc) is 2.14. The molecule has 2 atom stereocenters.